The molecule has 7 heteroatoms. The minimum absolute atomic E-state index is 0.161. The Labute approximate surface area is 212 Å². The molecule has 3 aromatic rings. The van der Waals surface area contributed by atoms with Crippen LogP contribution in [-0.2, 0) is 11.4 Å². The zero-order valence-corrected chi connectivity index (χ0v) is 21.3. The van der Waals surface area contributed by atoms with Crippen molar-refractivity contribution in [2.45, 2.75) is 13.5 Å². The summed E-state index contributed by atoms with van der Waals surface area (Å²) >= 11 is 7.83. The molecule has 1 amide bonds. The highest BCUT2D eigenvalue weighted by Gasteiger charge is 2.36. The quantitative estimate of drug-likeness (QED) is 0.202. The molecule has 0 atom stereocenters. The summed E-state index contributed by atoms with van der Waals surface area (Å²) in [6, 6.07) is 23.3. The second-order valence-corrected chi connectivity index (χ2v) is 9.03. The van der Waals surface area contributed by atoms with Crippen LogP contribution in [0, 0.1) is 3.57 Å². The van der Waals surface area contributed by atoms with E-state index >= 15 is 0 Å². The first-order chi connectivity index (χ1) is 16.0. The molecule has 1 aliphatic rings. The van der Waals surface area contributed by atoms with Gasteiger partial charge in [-0.3, -0.25) is 9.69 Å². The molecular formula is C26H23IN2O3S. The van der Waals surface area contributed by atoms with E-state index in [1.807, 2.05) is 61.5 Å². The van der Waals surface area contributed by atoms with Crippen LogP contribution in [0.2, 0.25) is 0 Å². The molecule has 0 aromatic heterocycles. The van der Waals surface area contributed by atoms with Crippen LogP contribution >= 0.6 is 34.8 Å². The molecular weight excluding hydrogens is 547 g/mol. The van der Waals surface area contributed by atoms with Crippen molar-refractivity contribution in [2.75, 3.05) is 18.6 Å². The van der Waals surface area contributed by atoms with Gasteiger partial charge in [-0.1, -0.05) is 24.3 Å². The summed E-state index contributed by atoms with van der Waals surface area (Å²) in [6.45, 7) is 3.02. The molecule has 1 saturated heterocycles. The number of nitrogens with zero attached hydrogens (tertiary/aromatic N) is 2. The molecule has 0 unspecified atom stereocenters. The summed E-state index contributed by atoms with van der Waals surface area (Å²) in [7, 11) is 1.80. The van der Waals surface area contributed by atoms with Gasteiger partial charge in [-0.25, -0.2) is 0 Å². The highest BCUT2D eigenvalue weighted by molar-refractivity contribution is 14.1. The highest BCUT2D eigenvalue weighted by Crippen LogP contribution is 2.29. The lowest BCUT2D eigenvalue weighted by Gasteiger charge is -2.16. The van der Waals surface area contributed by atoms with Crippen molar-refractivity contribution in [3.05, 3.63) is 93.2 Å². The Morgan fingerprint density at radius 2 is 1.52 bits per heavy atom. The molecule has 1 heterocycles. The number of ether oxygens (including phenoxy) is 2. The average molecular weight is 570 g/mol. The summed E-state index contributed by atoms with van der Waals surface area (Å²) in [5.41, 5.74) is 3.23. The van der Waals surface area contributed by atoms with E-state index in [4.69, 9.17) is 21.7 Å². The third kappa shape index (κ3) is 5.36. The number of thiocarbonyl (C=S) groups is 1. The van der Waals surface area contributed by atoms with Crippen molar-refractivity contribution in [2.24, 2.45) is 0 Å². The van der Waals surface area contributed by atoms with E-state index in [1.165, 1.54) is 8.47 Å². The number of amides is 1. The van der Waals surface area contributed by atoms with E-state index in [9.17, 15) is 4.79 Å². The first kappa shape index (κ1) is 23.3. The van der Waals surface area contributed by atoms with Crippen LogP contribution in [0.1, 0.15) is 18.1 Å². The van der Waals surface area contributed by atoms with Crippen molar-refractivity contribution >= 4 is 57.6 Å². The van der Waals surface area contributed by atoms with Crippen LogP contribution in [-0.4, -0.2) is 29.6 Å². The zero-order valence-electron chi connectivity index (χ0n) is 18.3. The van der Waals surface area contributed by atoms with Crippen LogP contribution in [0.15, 0.2) is 78.5 Å². The van der Waals surface area contributed by atoms with Crippen LogP contribution in [0.25, 0.3) is 6.08 Å². The molecule has 5 nitrogen and oxygen atoms in total. The van der Waals surface area contributed by atoms with Gasteiger partial charge in [0, 0.05) is 10.6 Å². The number of carbonyl (C=O) groups excluding carboxylic acids is 1. The molecule has 0 N–H and O–H groups in total. The predicted octanol–water partition coefficient (Wildman–Crippen LogP) is 5.87. The van der Waals surface area contributed by atoms with E-state index in [0.29, 0.717) is 29.7 Å². The van der Waals surface area contributed by atoms with Gasteiger partial charge in [0.1, 0.15) is 23.8 Å². The molecule has 1 aliphatic heterocycles. The maximum Gasteiger partial charge on any atom is 0.281 e. The number of benzene rings is 3. The Morgan fingerprint density at radius 1 is 0.909 bits per heavy atom. The van der Waals surface area contributed by atoms with Gasteiger partial charge in [-0.15, -0.1) is 0 Å². The van der Waals surface area contributed by atoms with Crippen LogP contribution in [0.3, 0.4) is 0 Å². The van der Waals surface area contributed by atoms with Gasteiger partial charge in [0.15, 0.2) is 5.11 Å². The number of halogens is 1. The van der Waals surface area contributed by atoms with E-state index in [2.05, 4.69) is 46.9 Å². The molecule has 168 valence electrons. The molecule has 0 radical (unpaired) electrons. The largest absolute Gasteiger partial charge is 0.494 e. The minimum Gasteiger partial charge on any atom is -0.494 e. The first-order valence-corrected chi connectivity index (χ1v) is 12.0. The second kappa shape index (κ2) is 10.4. The number of rotatable bonds is 7. The normalized spacial score (nSPS) is 14.8. The fourth-order valence-corrected chi connectivity index (χ4v) is 4.05. The Bertz CT molecular complexity index is 1180. The Balaban J connectivity index is 1.47. The fourth-order valence-electron chi connectivity index (χ4n) is 3.41. The highest BCUT2D eigenvalue weighted by atomic mass is 127. The number of carbonyl (C=O) groups is 1. The number of hydrogen-bond donors (Lipinski definition) is 0. The molecule has 4 rings (SSSR count). The SMILES string of the molecule is CCOc1ccc(N2C(=O)/C(=C/c3ccc(OCc4ccc(I)cc4)cc3)N(C)C2=S)cc1. The molecule has 1 fully saturated rings. The van der Waals surface area contributed by atoms with Gasteiger partial charge in [0.05, 0.1) is 12.3 Å². The van der Waals surface area contributed by atoms with E-state index in [1.54, 1.807) is 11.9 Å². The molecule has 33 heavy (non-hydrogen) atoms. The van der Waals surface area contributed by atoms with Gasteiger partial charge in [0.25, 0.3) is 5.91 Å². The van der Waals surface area contributed by atoms with E-state index in [0.717, 1.165) is 22.6 Å². The summed E-state index contributed by atoms with van der Waals surface area (Å²) in [4.78, 5) is 16.4. The lowest BCUT2D eigenvalue weighted by atomic mass is 10.1. The average Bonchev–Trinajstić information content (AvgIpc) is 3.03. The van der Waals surface area contributed by atoms with Gasteiger partial charge < -0.3 is 14.4 Å². The monoisotopic (exact) mass is 570 g/mol. The van der Waals surface area contributed by atoms with E-state index in [-0.39, 0.29) is 5.91 Å². The molecule has 0 saturated carbocycles. The number of anilines is 1. The van der Waals surface area contributed by atoms with Gasteiger partial charge in [-0.05, 0) is 107 Å². The lowest BCUT2D eigenvalue weighted by molar-refractivity contribution is -0.114. The Hall–Kier alpha value is -2.91. The summed E-state index contributed by atoms with van der Waals surface area (Å²) in [5, 5.41) is 0.438. The summed E-state index contributed by atoms with van der Waals surface area (Å²) in [6.07, 6.45) is 1.84. The standard InChI is InChI=1S/C26H23IN2O3S/c1-3-31-22-14-10-21(11-15-22)29-25(30)24(28(2)26(29)33)16-18-6-12-23(13-7-18)32-17-19-4-8-20(27)9-5-19/h4-16H,3,17H2,1-2H3/b24-16-. The lowest BCUT2D eigenvalue weighted by Crippen LogP contribution is -2.31. The van der Waals surface area contributed by atoms with Crippen molar-refractivity contribution < 1.29 is 14.3 Å². The molecule has 0 bridgehead atoms. The second-order valence-electron chi connectivity index (χ2n) is 7.42. The number of likely N-dealkylation sites (N-methyl/N-ethyl adjacent to an activating group) is 1. The molecule has 3 aromatic carbocycles. The summed E-state index contributed by atoms with van der Waals surface area (Å²) in [5.74, 6) is 1.37. The van der Waals surface area contributed by atoms with Gasteiger partial charge >= 0.3 is 0 Å². The van der Waals surface area contributed by atoms with Crippen molar-refractivity contribution in [1.29, 1.82) is 0 Å². The van der Waals surface area contributed by atoms with Gasteiger partial charge in [-0.2, -0.15) is 0 Å². The number of hydrogen-bond acceptors (Lipinski definition) is 4. The Morgan fingerprint density at radius 3 is 2.15 bits per heavy atom. The molecule has 0 spiro atoms. The van der Waals surface area contributed by atoms with Crippen LogP contribution in [0.4, 0.5) is 5.69 Å². The zero-order chi connectivity index (χ0) is 23.4. The van der Waals surface area contributed by atoms with E-state index < -0.39 is 0 Å². The fraction of sp³-hybridized carbons (Fsp3) is 0.154. The predicted molar refractivity (Wildman–Crippen MR) is 143 cm³/mol. The maximum absolute atomic E-state index is 13.2. The third-order valence-corrected chi connectivity index (χ3v) is 6.35. The van der Waals surface area contributed by atoms with Crippen molar-refractivity contribution in [3.63, 3.8) is 0 Å². The van der Waals surface area contributed by atoms with Gasteiger partial charge in [0.2, 0.25) is 0 Å². The Kier molecular flexibility index (Phi) is 7.29. The van der Waals surface area contributed by atoms with Crippen LogP contribution < -0.4 is 14.4 Å². The van der Waals surface area contributed by atoms with Crippen LogP contribution in [0.5, 0.6) is 11.5 Å². The minimum atomic E-state index is -0.161. The topological polar surface area (TPSA) is 42.0 Å². The summed E-state index contributed by atoms with van der Waals surface area (Å²) < 4.78 is 12.6. The van der Waals surface area contributed by atoms with Crippen molar-refractivity contribution in [3.8, 4) is 11.5 Å². The van der Waals surface area contributed by atoms with Crippen molar-refractivity contribution in [1.82, 2.24) is 4.90 Å². The molecule has 0 aliphatic carbocycles. The third-order valence-electron chi connectivity index (χ3n) is 5.17. The first-order valence-electron chi connectivity index (χ1n) is 10.5. The maximum atomic E-state index is 13.2. The smallest absolute Gasteiger partial charge is 0.281 e.